The average molecular weight is 217 g/mol. The second kappa shape index (κ2) is 6.76. The van der Waals surface area contributed by atoms with Gasteiger partial charge in [0.15, 0.2) is 0 Å². The zero-order valence-electron chi connectivity index (χ0n) is 9.37. The van der Waals surface area contributed by atoms with E-state index in [2.05, 4.69) is 0 Å². The Morgan fingerprint density at radius 2 is 1.93 bits per heavy atom. The molecule has 0 aliphatic carbocycles. The molecule has 0 aromatic rings. The molecular weight excluding hydrogens is 198 g/mol. The number of carbonyl (C=O) groups excluding carboxylic acids is 1. The Morgan fingerprint density at radius 1 is 1.43 bits per heavy atom. The first-order valence-electron chi connectivity index (χ1n) is 4.95. The van der Waals surface area contributed by atoms with Gasteiger partial charge < -0.3 is 9.64 Å². The van der Waals surface area contributed by atoms with Crippen LogP contribution >= 0.6 is 12.2 Å². The lowest BCUT2D eigenvalue weighted by molar-refractivity contribution is -0.121. The van der Waals surface area contributed by atoms with Crippen LogP contribution in [0.5, 0.6) is 0 Å². The van der Waals surface area contributed by atoms with Gasteiger partial charge in [-0.25, -0.2) is 0 Å². The molecule has 0 radical (unpaired) electrons. The SMILES string of the molecule is CCN(CC)C(=S)OCC(C)C(C)=O. The zero-order chi connectivity index (χ0) is 11.1. The van der Waals surface area contributed by atoms with E-state index in [1.54, 1.807) is 6.92 Å². The van der Waals surface area contributed by atoms with Crippen LogP contribution in [0.1, 0.15) is 27.7 Å². The molecule has 0 fully saturated rings. The van der Waals surface area contributed by atoms with Gasteiger partial charge in [-0.1, -0.05) is 6.92 Å². The molecule has 0 saturated heterocycles. The van der Waals surface area contributed by atoms with Crippen LogP contribution in [0.4, 0.5) is 0 Å². The summed E-state index contributed by atoms with van der Waals surface area (Å²) in [5.74, 6) is 0.0517. The largest absolute Gasteiger partial charge is 0.470 e. The van der Waals surface area contributed by atoms with Crippen molar-refractivity contribution in [2.45, 2.75) is 27.7 Å². The predicted octanol–water partition coefficient (Wildman–Crippen LogP) is 1.85. The summed E-state index contributed by atoms with van der Waals surface area (Å²) >= 11 is 5.07. The van der Waals surface area contributed by atoms with Crippen molar-refractivity contribution in [3.63, 3.8) is 0 Å². The van der Waals surface area contributed by atoms with E-state index >= 15 is 0 Å². The molecular formula is C10H19NO2S. The smallest absolute Gasteiger partial charge is 0.259 e. The first-order valence-corrected chi connectivity index (χ1v) is 5.35. The van der Waals surface area contributed by atoms with Crippen LogP contribution in [0.15, 0.2) is 0 Å². The maximum Gasteiger partial charge on any atom is 0.259 e. The number of ether oxygens (including phenoxy) is 1. The molecule has 0 bridgehead atoms. The Hall–Kier alpha value is -0.640. The van der Waals surface area contributed by atoms with Crippen molar-refractivity contribution in [3.8, 4) is 0 Å². The summed E-state index contributed by atoms with van der Waals surface area (Å²) in [6.07, 6.45) is 0. The maximum absolute atomic E-state index is 10.9. The molecule has 0 amide bonds. The van der Waals surface area contributed by atoms with Gasteiger partial charge in [0, 0.05) is 19.0 Å². The molecule has 0 aliphatic heterocycles. The van der Waals surface area contributed by atoms with Crippen LogP contribution in [-0.2, 0) is 9.53 Å². The van der Waals surface area contributed by atoms with Gasteiger partial charge in [-0.3, -0.25) is 4.79 Å². The number of rotatable bonds is 5. The van der Waals surface area contributed by atoms with Gasteiger partial charge in [-0.15, -0.1) is 0 Å². The Morgan fingerprint density at radius 3 is 2.29 bits per heavy atom. The molecule has 0 aromatic heterocycles. The van der Waals surface area contributed by atoms with E-state index < -0.39 is 0 Å². The molecule has 0 aliphatic rings. The van der Waals surface area contributed by atoms with Crippen LogP contribution in [0.3, 0.4) is 0 Å². The lowest BCUT2D eigenvalue weighted by Crippen LogP contribution is -2.32. The number of hydrogen-bond donors (Lipinski definition) is 0. The van der Waals surface area contributed by atoms with E-state index in [0.29, 0.717) is 11.8 Å². The molecule has 1 unspecified atom stereocenters. The molecule has 0 N–H and O–H groups in total. The fourth-order valence-electron chi connectivity index (χ4n) is 0.887. The molecule has 1 atom stereocenters. The number of hydrogen-bond acceptors (Lipinski definition) is 3. The molecule has 0 saturated carbocycles. The summed E-state index contributed by atoms with van der Waals surface area (Å²) in [7, 11) is 0. The highest BCUT2D eigenvalue weighted by Gasteiger charge is 2.11. The summed E-state index contributed by atoms with van der Waals surface area (Å²) in [6.45, 7) is 9.50. The van der Waals surface area contributed by atoms with Crippen molar-refractivity contribution >= 4 is 23.2 Å². The summed E-state index contributed by atoms with van der Waals surface area (Å²) in [5.41, 5.74) is 0. The van der Waals surface area contributed by atoms with E-state index in [0.717, 1.165) is 13.1 Å². The highest BCUT2D eigenvalue weighted by molar-refractivity contribution is 7.80. The van der Waals surface area contributed by atoms with Crippen LogP contribution < -0.4 is 0 Å². The third kappa shape index (κ3) is 4.56. The highest BCUT2D eigenvalue weighted by atomic mass is 32.1. The van der Waals surface area contributed by atoms with E-state index in [-0.39, 0.29) is 11.7 Å². The summed E-state index contributed by atoms with van der Waals surface area (Å²) in [6, 6.07) is 0. The number of thiocarbonyl (C=S) groups is 1. The topological polar surface area (TPSA) is 29.5 Å². The van der Waals surface area contributed by atoms with Crippen molar-refractivity contribution < 1.29 is 9.53 Å². The summed E-state index contributed by atoms with van der Waals surface area (Å²) in [4.78, 5) is 12.9. The lowest BCUT2D eigenvalue weighted by atomic mass is 10.1. The number of Topliss-reactive ketones (excluding diaryl/α,β-unsaturated/α-hetero) is 1. The first-order chi connectivity index (χ1) is 6.52. The molecule has 82 valence electrons. The van der Waals surface area contributed by atoms with Gasteiger partial charge in [-0.2, -0.15) is 0 Å². The lowest BCUT2D eigenvalue weighted by Gasteiger charge is -2.22. The molecule has 0 rings (SSSR count). The van der Waals surface area contributed by atoms with E-state index in [1.807, 2.05) is 25.7 Å². The normalized spacial score (nSPS) is 12.0. The third-order valence-electron chi connectivity index (χ3n) is 2.17. The Balaban J connectivity index is 3.89. The van der Waals surface area contributed by atoms with Crippen LogP contribution in [0, 0.1) is 5.92 Å². The summed E-state index contributed by atoms with van der Waals surface area (Å²) < 4.78 is 5.35. The monoisotopic (exact) mass is 217 g/mol. The van der Waals surface area contributed by atoms with E-state index in [9.17, 15) is 4.79 Å². The minimum absolute atomic E-state index is 0.0801. The van der Waals surface area contributed by atoms with Gasteiger partial charge in [0.1, 0.15) is 12.4 Å². The predicted molar refractivity (Wildman–Crippen MR) is 61.3 cm³/mol. The van der Waals surface area contributed by atoms with Gasteiger partial charge in [0.05, 0.1) is 0 Å². The van der Waals surface area contributed by atoms with Crippen molar-refractivity contribution in [1.82, 2.24) is 4.90 Å². The van der Waals surface area contributed by atoms with Gasteiger partial charge in [0.25, 0.3) is 5.17 Å². The Kier molecular flexibility index (Phi) is 6.45. The van der Waals surface area contributed by atoms with Crippen LogP contribution in [0.2, 0.25) is 0 Å². The zero-order valence-corrected chi connectivity index (χ0v) is 10.2. The van der Waals surface area contributed by atoms with Gasteiger partial charge in [-0.05, 0) is 33.0 Å². The minimum Gasteiger partial charge on any atom is -0.470 e. The molecule has 4 heteroatoms. The number of ketones is 1. The summed E-state index contributed by atoms with van der Waals surface area (Å²) in [5, 5.41) is 0.489. The maximum atomic E-state index is 10.9. The quantitative estimate of drug-likeness (QED) is 0.657. The molecule has 14 heavy (non-hydrogen) atoms. The van der Waals surface area contributed by atoms with Crippen LogP contribution in [0.25, 0.3) is 0 Å². The number of carbonyl (C=O) groups is 1. The standard InChI is InChI=1S/C10H19NO2S/c1-5-11(6-2)10(14)13-7-8(3)9(4)12/h8H,5-7H2,1-4H3. The van der Waals surface area contributed by atoms with Gasteiger partial charge >= 0.3 is 0 Å². The van der Waals surface area contributed by atoms with E-state index in [1.165, 1.54) is 0 Å². The Labute approximate surface area is 91.4 Å². The second-order valence-electron chi connectivity index (χ2n) is 3.26. The van der Waals surface area contributed by atoms with Crippen molar-refractivity contribution in [3.05, 3.63) is 0 Å². The van der Waals surface area contributed by atoms with Crippen molar-refractivity contribution in [1.29, 1.82) is 0 Å². The number of nitrogens with zero attached hydrogens (tertiary/aromatic N) is 1. The van der Waals surface area contributed by atoms with Crippen molar-refractivity contribution in [2.24, 2.45) is 5.92 Å². The molecule has 0 heterocycles. The Bertz CT molecular complexity index is 202. The molecule has 0 aromatic carbocycles. The fraction of sp³-hybridized carbons (Fsp3) is 0.800. The highest BCUT2D eigenvalue weighted by Crippen LogP contribution is 2.01. The third-order valence-corrected chi connectivity index (χ3v) is 2.55. The van der Waals surface area contributed by atoms with Crippen LogP contribution in [-0.4, -0.2) is 35.6 Å². The van der Waals surface area contributed by atoms with Gasteiger partial charge in [0.2, 0.25) is 0 Å². The molecule has 3 nitrogen and oxygen atoms in total. The van der Waals surface area contributed by atoms with E-state index in [4.69, 9.17) is 17.0 Å². The molecule has 0 spiro atoms. The fourth-order valence-corrected chi connectivity index (χ4v) is 1.21. The van der Waals surface area contributed by atoms with Crippen molar-refractivity contribution in [2.75, 3.05) is 19.7 Å². The minimum atomic E-state index is -0.0801. The average Bonchev–Trinajstić information content (AvgIpc) is 2.15. The second-order valence-corrected chi connectivity index (χ2v) is 3.61. The first kappa shape index (κ1) is 13.4.